The molecule has 1 aromatic rings. The third-order valence-electron chi connectivity index (χ3n) is 2.87. The van der Waals surface area contributed by atoms with Crippen LogP contribution in [0.4, 0.5) is 0 Å². The van der Waals surface area contributed by atoms with E-state index in [4.69, 9.17) is 5.53 Å². The van der Waals surface area contributed by atoms with Gasteiger partial charge < -0.3 is 4.57 Å². The number of benzene rings is 1. The lowest BCUT2D eigenvalue weighted by molar-refractivity contribution is 0.725. The molecular formula is C13H15BrN4. The van der Waals surface area contributed by atoms with E-state index in [2.05, 4.69) is 61.8 Å². The van der Waals surface area contributed by atoms with Crippen LogP contribution in [0.5, 0.6) is 0 Å². The van der Waals surface area contributed by atoms with E-state index in [1.54, 1.807) is 0 Å². The standard InChI is InChI=1S/C8H4BrN.C5H11N3/c9-6-3-1-2-5-7-4-10(7)8(5)6;1-2-3-4-5-7-8-6/h1-4H;2-5H2,1H3. The fourth-order valence-corrected chi connectivity index (χ4v) is 2.43. The van der Waals surface area contributed by atoms with Gasteiger partial charge in [-0.3, -0.25) is 0 Å². The van der Waals surface area contributed by atoms with Crippen molar-refractivity contribution in [3.05, 3.63) is 39.3 Å². The van der Waals surface area contributed by atoms with E-state index >= 15 is 0 Å². The third kappa shape index (κ3) is 2.68. The Balaban J connectivity index is 0.000000139. The van der Waals surface area contributed by atoms with Crippen LogP contribution < -0.4 is 0 Å². The van der Waals surface area contributed by atoms with Crippen LogP contribution in [0.1, 0.15) is 26.2 Å². The molecule has 0 bridgehead atoms. The number of hydrogen-bond acceptors (Lipinski definition) is 1. The fourth-order valence-electron chi connectivity index (χ4n) is 1.87. The maximum absolute atomic E-state index is 7.82. The Kier molecular flexibility index (Phi) is 4.28. The molecule has 2 aliphatic heterocycles. The molecule has 4 nitrogen and oxygen atoms in total. The van der Waals surface area contributed by atoms with Crippen molar-refractivity contribution in [3.8, 4) is 5.69 Å². The first-order chi connectivity index (χ1) is 8.79. The van der Waals surface area contributed by atoms with E-state index in [9.17, 15) is 0 Å². The zero-order valence-electron chi connectivity index (χ0n) is 10.3. The summed E-state index contributed by atoms with van der Waals surface area (Å²) in [5.41, 5.74) is 10.5. The number of azide groups is 1. The molecule has 0 amide bonds. The van der Waals surface area contributed by atoms with Crippen molar-refractivity contribution in [3.63, 3.8) is 0 Å². The van der Waals surface area contributed by atoms with E-state index in [0.717, 1.165) is 6.42 Å². The molecule has 3 rings (SSSR count). The van der Waals surface area contributed by atoms with E-state index in [1.165, 1.54) is 33.9 Å². The Hall–Kier alpha value is -1.45. The molecular weight excluding hydrogens is 292 g/mol. The predicted octanol–water partition coefficient (Wildman–Crippen LogP) is 5.19. The lowest BCUT2D eigenvalue weighted by Crippen LogP contribution is -1.87. The van der Waals surface area contributed by atoms with Gasteiger partial charge in [0.15, 0.2) is 0 Å². The number of aromatic nitrogens is 1. The number of rotatable bonds is 4. The van der Waals surface area contributed by atoms with Crippen LogP contribution >= 0.6 is 15.9 Å². The minimum absolute atomic E-state index is 0.657. The van der Waals surface area contributed by atoms with Gasteiger partial charge >= 0.3 is 0 Å². The van der Waals surface area contributed by atoms with E-state index in [-0.39, 0.29) is 0 Å². The molecule has 0 N–H and O–H groups in total. The summed E-state index contributed by atoms with van der Waals surface area (Å²) in [6, 6.07) is 6.29. The zero-order chi connectivity index (χ0) is 13.0. The van der Waals surface area contributed by atoms with Gasteiger partial charge in [0.1, 0.15) is 0 Å². The van der Waals surface area contributed by atoms with Gasteiger partial charge in [0.25, 0.3) is 0 Å². The monoisotopic (exact) mass is 306 g/mol. The Morgan fingerprint density at radius 3 is 2.89 bits per heavy atom. The molecule has 0 fully saturated rings. The van der Waals surface area contributed by atoms with Gasteiger partial charge in [0, 0.05) is 27.5 Å². The second-order valence-corrected chi connectivity index (χ2v) is 5.04. The predicted molar refractivity (Wildman–Crippen MR) is 78.1 cm³/mol. The summed E-state index contributed by atoms with van der Waals surface area (Å²) in [5.74, 6) is 0. The van der Waals surface area contributed by atoms with E-state index in [1.807, 2.05) is 0 Å². The van der Waals surface area contributed by atoms with Crippen molar-refractivity contribution < 1.29 is 0 Å². The summed E-state index contributed by atoms with van der Waals surface area (Å²) >= 11 is 3.49. The first-order valence-electron chi connectivity index (χ1n) is 6.10. The molecule has 0 spiro atoms. The van der Waals surface area contributed by atoms with Crippen LogP contribution in [0.25, 0.3) is 27.0 Å². The number of nitrogens with zero attached hydrogens (tertiary/aromatic N) is 4. The highest BCUT2D eigenvalue weighted by atomic mass is 79.9. The normalized spacial score (nSPS) is 10.6. The van der Waals surface area contributed by atoms with Crippen molar-refractivity contribution in [1.29, 1.82) is 0 Å². The first-order valence-corrected chi connectivity index (χ1v) is 6.89. The minimum Gasteiger partial charge on any atom is -0.311 e. The average molecular weight is 307 g/mol. The third-order valence-corrected chi connectivity index (χ3v) is 3.51. The summed E-state index contributed by atoms with van der Waals surface area (Å²) in [4.78, 5) is 2.63. The van der Waals surface area contributed by atoms with Crippen LogP contribution in [0.2, 0.25) is 0 Å². The van der Waals surface area contributed by atoms with Crippen LogP contribution in [-0.2, 0) is 0 Å². The van der Waals surface area contributed by atoms with Gasteiger partial charge in [-0.2, -0.15) is 0 Å². The number of para-hydroxylation sites is 1. The summed E-state index contributed by atoms with van der Waals surface area (Å²) in [5, 5.41) is 4.77. The fraction of sp³-hybridized carbons (Fsp3) is 0.385. The molecule has 0 saturated heterocycles. The molecule has 18 heavy (non-hydrogen) atoms. The summed E-state index contributed by atoms with van der Waals surface area (Å²) in [7, 11) is 0. The molecule has 0 radical (unpaired) electrons. The second kappa shape index (κ2) is 5.94. The lowest BCUT2D eigenvalue weighted by Gasteiger charge is -2.05. The van der Waals surface area contributed by atoms with Crippen LogP contribution in [0.3, 0.4) is 0 Å². The van der Waals surface area contributed by atoms with E-state index < -0.39 is 0 Å². The first kappa shape index (κ1) is 13.0. The Morgan fingerprint density at radius 2 is 2.22 bits per heavy atom. The smallest absolute Gasteiger partial charge is 0.0717 e. The van der Waals surface area contributed by atoms with Crippen LogP contribution in [0.15, 0.2) is 34.0 Å². The quantitative estimate of drug-likeness (QED) is 0.275. The van der Waals surface area contributed by atoms with Crippen molar-refractivity contribution in [2.45, 2.75) is 26.2 Å². The molecule has 0 saturated carbocycles. The highest BCUT2D eigenvalue weighted by Gasteiger charge is 2.23. The molecule has 0 aliphatic carbocycles. The SMILES string of the molecule is Brc1cccc2c3cn-3c12.CCCCCN=[N+]=[N-]. The van der Waals surface area contributed by atoms with Crippen molar-refractivity contribution in [2.75, 3.05) is 6.54 Å². The Labute approximate surface area is 114 Å². The molecule has 0 aromatic heterocycles. The zero-order valence-corrected chi connectivity index (χ0v) is 11.9. The Morgan fingerprint density at radius 1 is 1.39 bits per heavy atom. The second-order valence-electron chi connectivity index (χ2n) is 4.18. The number of fused-ring (bicyclic) bond motifs is 4. The molecule has 94 valence electrons. The van der Waals surface area contributed by atoms with Gasteiger partial charge in [-0.15, -0.1) is 0 Å². The van der Waals surface area contributed by atoms with Gasteiger partial charge in [-0.25, -0.2) is 0 Å². The summed E-state index contributed by atoms with van der Waals surface area (Å²) < 4.78 is 3.39. The highest BCUT2D eigenvalue weighted by molar-refractivity contribution is 9.10. The molecule has 5 heteroatoms. The molecule has 1 aromatic carbocycles. The maximum atomic E-state index is 7.82. The molecule has 0 unspecified atom stereocenters. The molecule has 2 heterocycles. The summed E-state index contributed by atoms with van der Waals surface area (Å²) in [6.45, 7) is 2.78. The number of hydrogen-bond donors (Lipinski definition) is 0. The number of unbranched alkanes of at least 4 members (excludes halogenated alkanes) is 2. The van der Waals surface area contributed by atoms with Crippen molar-refractivity contribution in [2.24, 2.45) is 5.11 Å². The van der Waals surface area contributed by atoms with Gasteiger partial charge in [0.05, 0.1) is 11.2 Å². The lowest BCUT2D eigenvalue weighted by atomic mass is 10.2. The Bertz CT molecular complexity index is 596. The van der Waals surface area contributed by atoms with Crippen molar-refractivity contribution in [1.82, 2.24) is 4.57 Å². The molecule has 0 atom stereocenters. The summed E-state index contributed by atoms with van der Waals surface area (Å²) in [6.07, 6.45) is 5.52. The molecule has 2 aliphatic rings. The van der Waals surface area contributed by atoms with Gasteiger partial charge in [-0.05, 0) is 33.9 Å². The largest absolute Gasteiger partial charge is 0.311 e. The van der Waals surface area contributed by atoms with Gasteiger partial charge in [0.2, 0.25) is 0 Å². The van der Waals surface area contributed by atoms with E-state index in [0.29, 0.717) is 6.54 Å². The van der Waals surface area contributed by atoms with Crippen LogP contribution in [-0.4, -0.2) is 11.1 Å². The average Bonchev–Trinajstić information content (AvgIpc) is 3.06. The van der Waals surface area contributed by atoms with Crippen LogP contribution in [0, 0.1) is 0 Å². The topological polar surface area (TPSA) is 53.7 Å². The number of halogens is 1. The highest BCUT2D eigenvalue weighted by Crippen LogP contribution is 2.42. The van der Waals surface area contributed by atoms with Crippen molar-refractivity contribution >= 4 is 26.8 Å². The van der Waals surface area contributed by atoms with Gasteiger partial charge in [-0.1, -0.05) is 37.0 Å². The minimum atomic E-state index is 0.657. The maximum Gasteiger partial charge on any atom is 0.0717 e.